The number of hydrogen-bond donors (Lipinski definition) is 1. The van der Waals surface area contributed by atoms with Gasteiger partial charge in [-0.15, -0.1) is 0 Å². The fraction of sp³-hybridized carbons (Fsp3) is 1.00. The summed E-state index contributed by atoms with van der Waals surface area (Å²) in [5.74, 6) is 0. The number of aliphatic hydroxyl groups is 1. The van der Waals surface area contributed by atoms with Crippen LogP contribution >= 0.6 is 0 Å². The van der Waals surface area contributed by atoms with Gasteiger partial charge in [0.1, 0.15) is 12.3 Å². The topological polar surface area (TPSA) is 36.0 Å². The summed E-state index contributed by atoms with van der Waals surface area (Å²) in [6.07, 6.45) is 0.241. The lowest BCUT2D eigenvalue weighted by molar-refractivity contribution is 0.224. The lowest BCUT2D eigenvalue weighted by Gasteiger charge is -2.01. The molecule has 1 aliphatic heterocycles. The number of epoxide rings is 1. The Labute approximate surface area is 48.9 Å². The second-order valence-electron chi connectivity index (χ2n) is 2.21. The lowest BCUT2D eigenvalue weighted by atomic mass is 10.4. The minimum Gasteiger partial charge on any atom is -0.394 e. The standard InChI is InChI=1S/C5H11NO2/c1-6(2)5-4(3-7)8-5/h4-5,7H,3H2,1-2H3. The van der Waals surface area contributed by atoms with E-state index in [1.165, 1.54) is 0 Å². The first-order valence-electron chi connectivity index (χ1n) is 2.68. The molecule has 2 atom stereocenters. The monoisotopic (exact) mass is 117 g/mol. The number of ether oxygens (including phenoxy) is 1. The fourth-order valence-electron chi connectivity index (χ4n) is 0.721. The molecule has 0 aromatic carbocycles. The molecule has 3 nitrogen and oxygen atoms in total. The summed E-state index contributed by atoms with van der Waals surface area (Å²) in [7, 11) is 3.86. The molecule has 2 unspecified atom stereocenters. The Morgan fingerprint density at radius 2 is 2.25 bits per heavy atom. The molecule has 0 aromatic rings. The molecule has 0 spiro atoms. The lowest BCUT2D eigenvalue weighted by Crippen LogP contribution is -2.18. The van der Waals surface area contributed by atoms with Gasteiger partial charge in [-0.1, -0.05) is 0 Å². The second-order valence-corrected chi connectivity index (χ2v) is 2.21. The number of hydrogen-bond acceptors (Lipinski definition) is 3. The molecule has 48 valence electrons. The maximum atomic E-state index is 8.47. The summed E-state index contributed by atoms with van der Waals surface area (Å²) in [4.78, 5) is 1.95. The van der Waals surface area contributed by atoms with Gasteiger partial charge in [0.05, 0.1) is 6.61 Å². The quantitative estimate of drug-likeness (QED) is 0.484. The molecule has 0 aliphatic carbocycles. The average Bonchev–Trinajstić information content (AvgIpc) is 2.42. The van der Waals surface area contributed by atoms with Crippen LogP contribution in [-0.2, 0) is 4.74 Å². The normalized spacial score (nSPS) is 36.0. The molecule has 0 radical (unpaired) electrons. The highest BCUT2D eigenvalue weighted by Crippen LogP contribution is 2.22. The molecule has 3 heteroatoms. The second kappa shape index (κ2) is 2.01. The van der Waals surface area contributed by atoms with Crippen LogP contribution in [0, 0.1) is 0 Å². The van der Waals surface area contributed by atoms with Crippen molar-refractivity contribution < 1.29 is 9.84 Å². The molecule has 0 aromatic heterocycles. The van der Waals surface area contributed by atoms with Crippen molar-refractivity contribution in [2.45, 2.75) is 12.3 Å². The van der Waals surface area contributed by atoms with Gasteiger partial charge in [0, 0.05) is 0 Å². The zero-order valence-corrected chi connectivity index (χ0v) is 5.16. The van der Waals surface area contributed by atoms with Crippen molar-refractivity contribution in [2.24, 2.45) is 0 Å². The fourth-order valence-corrected chi connectivity index (χ4v) is 0.721. The van der Waals surface area contributed by atoms with Crippen LogP contribution < -0.4 is 0 Å². The van der Waals surface area contributed by atoms with Crippen LogP contribution in [0.2, 0.25) is 0 Å². The third kappa shape index (κ3) is 0.992. The Bertz CT molecular complexity index is 84.5. The SMILES string of the molecule is CN(C)C1OC1CO. The van der Waals surface area contributed by atoms with Gasteiger partial charge >= 0.3 is 0 Å². The predicted molar refractivity (Wildman–Crippen MR) is 29.4 cm³/mol. The molecular weight excluding hydrogens is 106 g/mol. The van der Waals surface area contributed by atoms with E-state index >= 15 is 0 Å². The Hall–Kier alpha value is -0.120. The number of rotatable bonds is 2. The first kappa shape index (κ1) is 6.01. The summed E-state index contributed by atoms with van der Waals surface area (Å²) < 4.78 is 5.00. The van der Waals surface area contributed by atoms with E-state index in [0.717, 1.165) is 0 Å². The Morgan fingerprint density at radius 1 is 1.62 bits per heavy atom. The average molecular weight is 117 g/mol. The van der Waals surface area contributed by atoms with E-state index < -0.39 is 0 Å². The number of nitrogens with zero attached hydrogens (tertiary/aromatic N) is 1. The highest BCUT2D eigenvalue weighted by molar-refractivity contribution is 4.80. The predicted octanol–water partition coefficient (Wildman–Crippen LogP) is -0.735. The van der Waals surface area contributed by atoms with E-state index in [9.17, 15) is 0 Å². The highest BCUT2D eigenvalue weighted by Gasteiger charge is 2.39. The maximum Gasteiger partial charge on any atom is 0.139 e. The van der Waals surface area contributed by atoms with E-state index in [-0.39, 0.29) is 18.9 Å². The van der Waals surface area contributed by atoms with E-state index in [1.54, 1.807) is 0 Å². The van der Waals surface area contributed by atoms with Gasteiger partial charge in [-0.05, 0) is 14.1 Å². The van der Waals surface area contributed by atoms with Crippen molar-refractivity contribution in [3.63, 3.8) is 0 Å². The minimum atomic E-state index is 0.0741. The summed E-state index contributed by atoms with van der Waals surface area (Å²) in [5, 5.41) is 8.47. The van der Waals surface area contributed by atoms with Crippen LogP contribution in [0.25, 0.3) is 0 Å². The summed E-state index contributed by atoms with van der Waals surface area (Å²) in [5.41, 5.74) is 0. The first-order chi connectivity index (χ1) is 3.75. The molecule has 0 bridgehead atoms. The Kier molecular flexibility index (Phi) is 1.51. The van der Waals surface area contributed by atoms with Crippen molar-refractivity contribution in [1.82, 2.24) is 4.90 Å². The van der Waals surface area contributed by atoms with Gasteiger partial charge in [0.15, 0.2) is 0 Å². The van der Waals surface area contributed by atoms with Crippen LogP contribution in [0.15, 0.2) is 0 Å². The smallest absolute Gasteiger partial charge is 0.139 e. The number of aliphatic hydroxyl groups excluding tert-OH is 1. The zero-order valence-electron chi connectivity index (χ0n) is 5.16. The van der Waals surface area contributed by atoms with E-state index in [2.05, 4.69) is 0 Å². The first-order valence-corrected chi connectivity index (χ1v) is 2.68. The third-order valence-corrected chi connectivity index (χ3v) is 1.24. The van der Waals surface area contributed by atoms with Crippen molar-refractivity contribution in [2.75, 3.05) is 20.7 Å². The van der Waals surface area contributed by atoms with E-state index in [0.29, 0.717) is 0 Å². The largest absolute Gasteiger partial charge is 0.394 e. The Balaban J connectivity index is 2.16. The van der Waals surface area contributed by atoms with Crippen molar-refractivity contribution in [3.8, 4) is 0 Å². The third-order valence-electron chi connectivity index (χ3n) is 1.24. The van der Waals surface area contributed by atoms with Crippen LogP contribution in [0.1, 0.15) is 0 Å². The van der Waals surface area contributed by atoms with Gasteiger partial charge in [-0.25, -0.2) is 0 Å². The van der Waals surface area contributed by atoms with Crippen molar-refractivity contribution >= 4 is 0 Å². The Morgan fingerprint density at radius 3 is 2.38 bits per heavy atom. The highest BCUT2D eigenvalue weighted by atomic mass is 16.6. The van der Waals surface area contributed by atoms with Gasteiger partial charge < -0.3 is 9.84 Å². The summed E-state index contributed by atoms with van der Waals surface area (Å²) in [6, 6.07) is 0. The van der Waals surface area contributed by atoms with Gasteiger partial charge in [0.2, 0.25) is 0 Å². The number of likely N-dealkylation sites (N-methyl/N-ethyl adjacent to an activating group) is 1. The van der Waals surface area contributed by atoms with Crippen LogP contribution in [0.5, 0.6) is 0 Å². The molecule has 1 heterocycles. The summed E-state index contributed by atoms with van der Waals surface area (Å²) >= 11 is 0. The molecule has 8 heavy (non-hydrogen) atoms. The van der Waals surface area contributed by atoms with Gasteiger partial charge in [-0.3, -0.25) is 4.90 Å². The van der Waals surface area contributed by atoms with Crippen LogP contribution in [0.3, 0.4) is 0 Å². The van der Waals surface area contributed by atoms with Gasteiger partial charge in [-0.2, -0.15) is 0 Å². The molecular formula is C5H11NO2. The minimum absolute atomic E-state index is 0.0741. The summed E-state index contributed by atoms with van der Waals surface area (Å²) in [6.45, 7) is 0.142. The van der Waals surface area contributed by atoms with E-state index in [1.807, 2.05) is 19.0 Å². The van der Waals surface area contributed by atoms with Crippen molar-refractivity contribution in [3.05, 3.63) is 0 Å². The molecule has 0 saturated carbocycles. The van der Waals surface area contributed by atoms with Gasteiger partial charge in [0.25, 0.3) is 0 Å². The zero-order chi connectivity index (χ0) is 6.15. The molecule has 1 rings (SSSR count). The molecule has 1 aliphatic rings. The maximum absolute atomic E-state index is 8.47. The van der Waals surface area contributed by atoms with Crippen LogP contribution in [-0.4, -0.2) is 43.0 Å². The molecule has 1 saturated heterocycles. The molecule has 1 fully saturated rings. The van der Waals surface area contributed by atoms with E-state index in [4.69, 9.17) is 9.84 Å². The van der Waals surface area contributed by atoms with Crippen molar-refractivity contribution in [1.29, 1.82) is 0 Å². The molecule has 1 N–H and O–H groups in total. The molecule has 0 amide bonds. The van der Waals surface area contributed by atoms with Crippen LogP contribution in [0.4, 0.5) is 0 Å².